The van der Waals surface area contributed by atoms with Gasteiger partial charge >= 0.3 is 0 Å². The highest BCUT2D eigenvalue weighted by atomic mass is 19.1. The Morgan fingerprint density at radius 1 is 1.10 bits per heavy atom. The summed E-state index contributed by atoms with van der Waals surface area (Å²) in [5.41, 5.74) is 7.43. The van der Waals surface area contributed by atoms with Crippen molar-refractivity contribution >= 4 is 11.0 Å². The molecule has 0 radical (unpaired) electrons. The monoisotopic (exact) mass is 285 g/mol. The Kier molecular flexibility index (Phi) is 3.73. The Balaban J connectivity index is 1.99. The number of nitrogens with two attached hydrogens (primary N) is 1. The number of ether oxygens (including phenoxy) is 1. The zero-order valence-electron chi connectivity index (χ0n) is 11.6. The molecule has 1 heterocycles. The van der Waals surface area contributed by atoms with E-state index in [0.717, 1.165) is 5.56 Å². The van der Waals surface area contributed by atoms with Crippen LogP contribution in [-0.4, -0.2) is 7.11 Å². The summed E-state index contributed by atoms with van der Waals surface area (Å²) in [5.74, 6) is 0.116. The summed E-state index contributed by atoms with van der Waals surface area (Å²) < 4.78 is 24.8. The minimum atomic E-state index is -0.510. The van der Waals surface area contributed by atoms with Gasteiger partial charge in [-0.15, -0.1) is 0 Å². The maximum absolute atomic E-state index is 13.7. The van der Waals surface area contributed by atoms with Gasteiger partial charge in [-0.1, -0.05) is 42.5 Å². The van der Waals surface area contributed by atoms with Crippen molar-refractivity contribution < 1.29 is 13.5 Å². The number of hydrogen-bond donors (Lipinski definition) is 1. The first kappa shape index (κ1) is 13.8. The van der Waals surface area contributed by atoms with E-state index in [1.165, 1.54) is 6.07 Å². The molecule has 3 rings (SSSR count). The molecular weight excluding hydrogens is 269 g/mol. The minimum Gasteiger partial charge on any atom is -0.456 e. The van der Waals surface area contributed by atoms with Gasteiger partial charge in [-0.25, -0.2) is 4.39 Å². The van der Waals surface area contributed by atoms with Gasteiger partial charge in [0.15, 0.2) is 11.4 Å². The van der Waals surface area contributed by atoms with E-state index in [9.17, 15) is 4.39 Å². The number of benzene rings is 2. The van der Waals surface area contributed by atoms with Crippen LogP contribution >= 0.6 is 0 Å². The van der Waals surface area contributed by atoms with Gasteiger partial charge in [-0.2, -0.15) is 0 Å². The number of fused-ring (bicyclic) bond motifs is 1. The van der Waals surface area contributed by atoms with Gasteiger partial charge in [-0.3, -0.25) is 0 Å². The zero-order valence-corrected chi connectivity index (χ0v) is 11.6. The lowest BCUT2D eigenvalue weighted by Gasteiger charge is -2.21. The van der Waals surface area contributed by atoms with Crippen molar-refractivity contribution in [3.05, 3.63) is 71.7 Å². The van der Waals surface area contributed by atoms with Gasteiger partial charge in [0.2, 0.25) is 0 Å². The molecule has 2 aromatic carbocycles. The molecule has 21 heavy (non-hydrogen) atoms. The van der Waals surface area contributed by atoms with Crippen LogP contribution in [0.25, 0.3) is 11.0 Å². The lowest BCUT2D eigenvalue weighted by molar-refractivity contribution is 0.0740. The Labute approximate surface area is 122 Å². The summed E-state index contributed by atoms with van der Waals surface area (Å²) in [5, 5.41) is 0.698. The molecule has 0 amide bonds. The molecule has 2 N–H and O–H groups in total. The average Bonchev–Trinajstić information content (AvgIpc) is 2.95. The highest BCUT2D eigenvalue weighted by Gasteiger charge is 2.24. The van der Waals surface area contributed by atoms with Crippen molar-refractivity contribution in [1.82, 2.24) is 0 Å². The van der Waals surface area contributed by atoms with Crippen LogP contribution in [0, 0.1) is 5.82 Å². The summed E-state index contributed by atoms with van der Waals surface area (Å²) in [7, 11) is 1.60. The Morgan fingerprint density at radius 3 is 2.52 bits per heavy atom. The SMILES string of the molecule is COC(c1ccccc1)C(N)c1cc2cccc(F)c2o1. The predicted octanol–water partition coefficient (Wildman–Crippen LogP) is 3.96. The van der Waals surface area contributed by atoms with Crippen LogP contribution < -0.4 is 5.73 Å². The fourth-order valence-electron chi connectivity index (χ4n) is 2.49. The van der Waals surface area contributed by atoms with Crippen molar-refractivity contribution in [3.63, 3.8) is 0 Å². The number of rotatable bonds is 4. The van der Waals surface area contributed by atoms with E-state index in [4.69, 9.17) is 14.9 Å². The molecule has 3 aromatic rings. The first-order valence-corrected chi connectivity index (χ1v) is 6.72. The van der Waals surface area contributed by atoms with Crippen LogP contribution in [0.15, 0.2) is 59.0 Å². The maximum atomic E-state index is 13.7. The molecule has 2 unspecified atom stereocenters. The third-order valence-electron chi connectivity index (χ3n) is 3.55. The molecule has 108 valence electrons. The van der Waals surface area contributed by atoms with E-state index < -0.39 is 6.04 Å². The average molecular weight is 285 g/mol. The van der Waals surface area contributed by atoms with Gasteiger partial charge in [-0.05, 0) is 17.7 Å². The van der Waals surface area contributed by atoms with Crippen molar-refractivity contribution in [1.29, 1.82) is 0 Å². The van der Waals surface area contributed by atoms with E-state index >= 15 is 0 Å². The minimum absolute atomic E-state index is 0.228. The third-order valence-corrected chi connectivity index (χ3v) is 3.55. The first-order valence-electron chi connectivity index (χ1n) is 6.72. The molecule has 1 aromatic heterocycles. The van der Waals surface area contributed by atoms with Crippen LogP contribution in [0.5, 0.6) is 0 Å². The third kappa shape index (κ3) is 2.55. The molecule has 0 aliphatic carbocycles. The molecule has 0 saturated carbocycles. The number of para-hydroxylation sites is 1. The van der Waals surface area contributed by atoms with Crippen LogP contribution in [0.2, 0.25) is 0 Å². The summed E-state index contributed by atoms with van der Waals surface area (Å²) in [6.45, 7) is 0. The second kappa shape index (κ2) is 5.68. The zero-order chi connectivity index (χ0) is 14.8. The summed E-state index contributed by atoms with van der Waals surface area (Å²) in [6.07, 6.45) is -0.352. The van der Waals surface area contributed by atoms with Crippen molar-refractivity contribution in [2.24, 2.45) is 5.73 Å². The molecule has 0 saturated heterocycles. The molecular formula is C17H16FNO2. The fourth-order valence-corrected chi connectivity index (χ4v) is 2.49. The highest BCUT2D eigenvalue weighted by Crippen LogP contribution is 2.33. The lowest BCUT2D eigenvalue weighted by Crippen LogP contribution is -2.20. The topological polar surface area (TPSA) is 48.4 Å². The smallest absolute Gasteiger partial charge is 0.169 e. The van der Waals surface area contributed by atoms with Crippen molar-refractivity contribution in [2.45, 2.75) is 12.1 Å². The molecule has 0 fully saturated rings. The second-order valence-corrected chi connectivity index (χ2v) is 4.90. The first-order chi connectivity index (χ1) is 10.2. The van der Waals surface area contributed by atoms with Gasteiger partial charge < -0.3 is 14.9 Å². The second-order valence-electron chi connectivity index (χ2n) is 4.90. The highest BCUT2D eigenvalue weighted by molar-refractivity contribution is 5.78. The Bertz CT molecular complexity index is 739. The molecule has 2 atom stereocenters. The van der Waals surface area contributed by atoms with Crippen LogP contribution in [0.4, 0.5) is 4.39 Å². The molecule has 0 aliphatic heterocycles. The van der Waals surface area contributed by atoms with E-state index in [1.54, 1.807) is 25.3 Å². The van der Waals surface area contributed by atoms with Crippen LogP contribution in [0.3, 0.4) is 0 Å². The quantitative estimate of drug-likeness (QED) is 0.789. The molecule has 0 spiro atoms. The molecule has 4 heteroatoms. The van der Waals surface area contributed by atoms with Crippen LogP contribution in [0.1, 0.15) is 23.5 Å². The molecule has 0 aliphatic rings. The van der Waals surface area contributed by atoms with E-state index in [1.807, 2.05) is 30.3 Å². The van der Waals surface area contributed by atoms with Gasteiger partial charge in [0.05, 0.1) is 6.04 Å². The Morgan fingerprint density at radius 2 is 1.86 bits per heavy atom. The van der Waals surface area contributed by atoms with E-state index in [2.05, 4.69) is 0 Å². The number of methoxy groups -OCH3 is 1. The van der Waals surface area contributed by atoms with E-state index in [-0.39, 0.29) is 17.5 Å². The van der Waals surface area contributed by atoms with Gasteiger partial charge in [0.1, 0.15) is 11.9 Å². The van der Waals surface area contributed by atoms with E-state index in [0.29, 0.717) is 11.1 Å². The van der Waals surface area contributed by atoms with Gasteiger partial charge in [0.25, 0.3) is 0 Å². The van der Waals surface area contributed by atoms with Gasteiger partial charge in [0, 0.05) is 12.5 Å². The van der Waals surface area contributed by atoms with Crippen LogP contribution in [-0.2, 0) is 4.74 Å². The Hall–Kier alpha value is -2.17. The maximum Gasteiger partial charge on any atom is 0.169 e. The lowest BCUT2D eigenvalue weighted by atomic mass is 10.0. The summed E-state index contributed by atoms with van der Waals surface area (Å²) in [6, 6.07) is 15.7. The molecule has 0 bridgehead atoms. The number of furan rings is 1. The normalized spacial score (nSPS) is 14.2. The predicted molar refractivity (Wildman–Crippen MR) is 79.3 cm³/mol. The number of halogens is 1. The largest absolute Gasteiger partial charge is 0.456 e. The number of hydrogen-bond acceptors (Lipinski definition) is 3. The standard InChI is InChI=1S/C17H16FNO2/c1-20-17(11-6-3-2-4-7-11)15(19)14-10-12-8-5-9-13(18)16(12)21-14/h2-10,15,17H,19H2,1H3. The fraction of sp³-hybridized carbons (Fsp3) is 0.176. The summed E-state index contributed by atoms with van der Waals surface area (Å²) >= 11 is 0. The van der Waals surface area contributed by atoms with Crippen molar-refractivity contribution in [3.8, 4) is 0 Å². The summed E-state index contributed by atoms with van der Waals surface area (Å²) in [4.78, 5) is 0. The molecule has 3 nitrogen and oxygen atoms in total. The van der Waals surface area contributed by atoms with Crippen molar-refractivity contribution in [2.75, 3.05) is 7.11 Å².